The summed E-state index contributed by atoms with van der Waals surface area (Å²) in [5, 5.41) is 3.81. The van der Waals surface area contributed by atoms with Gasteiger partial charge in [0.25, 0.3) is 0 Å². The Balaban J connectivity index is 3.15. The Kier molecular flexibility index (Phi) is 2.22. The minimum absolute atomic E-state index is 0.294. The summed E-state index contributed by atoms with van der Waals surface area (Å²) in [5.41, 5.74) is 0. The number of rotatable bonds is 1. The van der Waals surface area contributed by atoms with Crippen LogP contribution in [0.5, 0.6) is 0 Å². The maximum atomic E-state index is 10.5. The SMILES string of the molecule is Cn1cc(S(=O)O)c(Br)n1. The van der Waals surface area contributed by atoms with E-state index in [1.807, 2.05) is 0 Å². The van der Waals surface area contributed by atoms with Gasteiger partial charge in [0.1, 0.15) is 9.50 Å². The van der Waals surface area contributed by atoms with Gasteiger partial charge in [0.15, 0.2) is 11.1 Å². The topological polar surface area (TPSA) is 55.1 Å². The highest BCUT2D eigenvalue weighted by Gasteiger charge is 2.08. The second kappa shape index (κ2) is 2.81. The third-order valence-corrected chi connectivity index (χ3v) is 2.46. The second-order valence-corrected chi connectivity index (χ2v) is 3.40. The van der Waals surface area contributed by atoms with Crippen LogP contribution >= 0.6 is 15.9 Å². The molecule has 0 spiro atoms. The molecule has 1 rings (SSSR count). The first-order valence-corrected chi connectivity index (χ1v) is 4.31. The fraction of sp³-hybridized carbons (Fsp3) is 0.250. The quantitative estimate of drug-likeness (QED) is 0.718. The Morgan fingerprint density at radius 1 is 1.90 bits per heavy atom. The Morgan fingerprint density at radius 2 is 2.50 bits per heavy atom. The zero-order valence-electron chi connectivity index (χ0n) is 5.11. The summed E-state index contributed by atoms with van der Waals surface area (Å²) in [6.45, 7) is 0. The van der Waals surface area contributed by atoms with E-state index in [1.54, 1.807) is 7.05 Å². The van der Waals surface area contributed by atoms with E-state index in [-0.39, 0.29) is 0 Å². The highest BCUT2D eigenvalue weighted by atomic mass is 79.9. The Bertz CT molecular complexity index is 272. The van der Waals surface area contributed by atoms with Gasteiger partial charge in [0, 0.05) is 13.2 Å². The predicted molar refractivity (Wildman–Crippen MR) is 39.9 cm³/mol. The molecule has 0 aliphatic heterocycles. The molecule has 0 amide bonds. The van der Waals surface area contributed by atoms with Crippen molar-refractivity contribution in [1.29, 1.82) is 0 Å². The van der Waals surface area contributed by atoms with Crippen molar-refractivity contribution in [3.63, 3.8) is 0 Å². The Morgan fingerprint density at radius 3 is 2.70 bits per heavy atom. The summed E-state index contributed by atoms with van der Waals surface area (Å²) >= 11 is 1.08. The number of nitrogens with zero attached hydrogens (tertiary/aromatic N) is 2. The summed E-state index contributed by atoms with van der Waals surface area (Å²) in [7, 11) is 1.68. The molecule has 0 bridgehead atoms. The van der Waals surface area contributed by atoms with Crippen LogP contribution in [0.25, 0.3) is 0 Å². The fourth-order valence-electron chi connectivity index (χ4n) is 0.557. The third kappa shape index (κ3) is 1.44. The van der Waals surface area contributed by atoms with Crippen molar-refractivity contribution in [3.8, 4) is 0 Å². The van der Waals surface area contributed by atoms with Gasteiger partial charge in [-0.15, -0.1) is 0 Å². The molecule has 1 heterocycles. The molecular weight excluding hydrogens is 220 g/mol. The number of halogens is 1. The fourth-order valence-corrected chi connectivity index (χ4v) is 1.75. The third-order valence-electron chi connectivity index (χ3n) is 0.941. The molecule has 0 aliphatic carbocycles. The summed E-state index contributed by atoms with van der Waals surface area (Å²) in [6.07, 6.45) is 1.49. The summed E-state index contributed by atoms with van der Waals surface area (Å²) in [5.74, 6) is 0. The van der Waals surface area contributed by atoms with Gasteiger partial charge in [-0.05, 0) is 15.9 Å². The van der Waals surface area contributed by atoms with Crippen LogP contribution in [0.4, 0.5) is 0 Å². The molecule has 1 N–H and O–H groups in total. The van der Waals surface area contributed by atoms with E-state index in [2.05, 4.69) is 21.0 Å². The van der Waals surface area contributed by atoms with Gasteiger partial charge in [0.2, 0.25) is 0 Å². The van der Waals surface area contributed by atoms with Gasteiger partial charge < -0.3 is 4.55 Å². The van der Waals surface area contributed by atoms with Crippen LogP contribution in [-0.2, 0) is 18.1 Å². The van der Waals surface area contributed by atoms with Crippen molar-refractivity contribution < 1.29 is 8.76 Å². The number of hydrogen-bond acceptors (Lipinski definition) is 2. The van der Waals surface area contributed by atoms with Gasteiger partial charge in [0.05, 0.1) is 0 Å². The molecule has 1 aromatic heterocycles. The molecule has 1 unspecified atom stereocenters. The first-order chi connectivity index (χ1) is 4.61. The van der Waals surface area contributed by atoms with Gasteiger partial charge in [-0.2, -0.15) is 5.10 Å². The van der Waals surface area contributed by atoms with Crippen molar-refractivity contribution in [1.82, 2.24) is 9.78 Å². The van der Waals surface area contributed by atoms with Crippen molar-refractivity contribution in [2.45, 2.75) is 4.90 Å². The lowest BCUT2D eigenvalue weighted by Crippen LogP contribution is -1.86. The monoisotopic (exact) mass is 224 g/mol. The largest absolute Gasteiger partial charge is 0.302 e. The maximum absolute atomic E-state index is 10.5. The van der Waals surface area contributed by atoms with Crippen LogP contribution in [-0.4, -0.2) is 18.5 Å². The van der Waals surface area contributed by atoms with Gasteiger partial charge in [-0.3, -0.25) is 4.68 Å². The van der Waals surface area contributed by atoms with E-state index in [4.69, 9.17) is 4.55 Å². The molecule has 0 saturated carbocycles. The van der Waals surface area contributed by atoms with Gasteiger partial charge in [-0.25, -0.2) is 4.21 Å². The smallest absolute Gasteiger partial charge is 0.190 e. The molecule has 0 aromatic carbocycles. The van der Waals surface area contributed by atoms with Crippen LogP contribution in [0, 0.1) is 0 Å². The minimum atomic E-state index is -1.95. The number of aryl methyl sites for hydroxylation is 1. The lowest BCUT2D eigenvalue weighted by atomic mass is 10.7. The normalized spacial score (nSPS) is 13.5. The van der Waals surface area contributed by atoms with E-state index in [0.717, 1.165) is 0 Å². The summed E-state index contributed by atoms with van der Waals surface area (Å²) < 4.78 is 20.9. The van der Waals surface area contributed by atoms with Gasteiger partial charge >= 0.3 is 0 Å². The van der Waals surface area contributed by atoms with Crippen LogP contribution in [0.15, 0.2) is 15.7 Å². The molecule has 1 aromatic rings. The first kappa shape index (κ1) is 7.90. The van der Waals surface area contributed by atoms with E-state index in [9.17, 15) is 4.21 Å². The Labute approximate surface area is 68.6 Å². The average molecular weight is 225 g/mol. The molecule has 6 heteroatoms. The molecule has 56 valence electrons. The van der Waals surface area contributed by atoms with Crippen molar-refractivity contribution >= 4 is 27.0 Å². The highest BCUT2D eigenvalue weighted by molar-refractivity contribution is 9.10. The van der Waals surface area contributed by atoms with E-state index >= 15 is 0 Å². The highest BCUT2D eigenvalue weighted by Crippen LogP contribution is 2.15. The van der Waals surface area contributed by atoms with Crippen LogP contribution in [0.1, 0.15) is 0 Å². The average Bonchev–Trinajstić information content (AvgIpc) is 2.10. The molecule has 10 heavy (non-hydrogen) atoms. The van der Waals surface area contributed by atoms with Gasteiger partial charge in [-0.1, -0.05) is 0 Å². The molecule has 0 aliphatic rings. The zero-order valence-corrected chi connectivity index (χ0v) is 7.52. The van der Waals surface area contributed by atoms with Crippen molar-refractivity contribution in [3.05, 3.63) is 10.8 Å². The molecule has 0 fully saturated rings. The van der Waals surface area contributed by atoms with Crippen LogP contribution < -0.4 is 0 Å². The van der Waals surface area contributed by atoms with E-state index in [0.29, 0.717) is 9.50 Å². The molecular formula is C4H5BrN2O2S. The summed E-state index contributed by atoms with van der Waals surface area (Å²) in [4.78, 5) is 0.294. The number of hydrogen-bond donors (Lipinski definition) is 1. The van der Waals surface area contributed by atoms with Crippen LogP contribution in [0.3, 0.4) is 0 Å². The Hall–Kier alpha value is -0.200. The first-order valence-electron chi connectivity index (χ1n) is 2.41. The predicted octanol–water partition coefficient (Wildman–Crippen LogP) is 0.763. The number of aromatic nitrogens is 2. The molecule has 4 nitrogen and oxygen atoms in total. The minimum Gasteiger partial charge on any atom is -0.302 e. The van der Waals surface area contributed by atoms with E-state index in [1.165, 1.54) is 10.9 Å². The lowest BCUT2D eigenvalue weighted by Gasteiger charge is -1.83. The van der Waals surface area contributed by atoms with Crippen molar-refractivity contribution in [2.75, 3.05) is 0 Å². The molecule has 1 atom stereocenters. The lowest BCUT2D eigenvalue weighted by molar-refractivity contribution is 0.564. The molecule has 0 saturated heterocycles. The maximum Gasteiger partial charge on any atom is 0.190 e. The van der Waals surface area contributed by atoms with Crippen molar-refractivity contribution in [2.24, 2.45) is 7.05 Å². The molecule has 0 radical (unpaired) electrons. The summed E-state index contributed by atoms with van der Waals surface area (Å²) in [6, 6.07) is 0. The zero-order chi connectivity index (χ0) is 7.72. The standard InChI is InChI=1S/C4H5BrN2O2S/c1-7-2-3(10(8)9)4(5)6-7/h2H,1H3,(H,8,9). The van der Waals surface area contributed by atoms with E-state index < -0.39 is 11.1 Å². The van der Waals surface area contributed by atoms with Crippen LogP contribution in [0.2, 0.25) is 0 Å². The second-order valence-electron chi connectivity index (χ2n) is 1.71.